The van der Waals surface area contributed by atoms with Gasteiger partial charge in [-0.3, -0.25) is 4.79 Å². The molecule has 136 valence electrons. The van der Waals surface area contributed by atoms with Gasteiger partial charge in [0.05, 0.1) is 11.0 Å². The predicted molar refractivity (Wildman–Crippen MR) is 108 cm³/mol. The van der Waals surface area contributed by atoms with Gasteiger partial charge in [0.1, 0.15) is 5.82 Å². The first-order chi connectivity index (χ1) is 12.2. The Hall–Kier alpha value is -2.33. The normalized spacial score (nSPS) is 11.7. The summed E-state index contributed by atoms with van der Waals surface area (Å²) in [6, 6.07) is 11.9. The number of pyridine rings is 1. The number of fused-ring (bicyclic) bond motifs is 1. The Morgan fingerprint density at radius 3 is 2.65 bits per heavy atom. The first kappa shape index (κ1) is 18.5. The second-order valence-electron chi connectivity index (χ2n) is 7.88. The zero-order chi connectivity index (χ0) is 18.9. The highest BCUT2D eigenvalue weighted by Crippen LogP contribution is 2.25. The smallest absolute Gasteiger partial charge is 0.226 e. The van der Waals surface area contributed by atoms with Crippen LogP contribution in [0.25, 0.3) is 11.0 Å². The number of carbonyl (C=O) groups is 1. The van der Waals surface area contributed by atoms with Gasteiger partial charge in [-0.05, 0) is 41.7 Å². The van der Waals surface area contributed by atoms with E-state index in [0.29, 0.717) is 18.8 Å². The van der Waals surface area contributed by atoms with Gasteiger partial charge in [0, 0.05) is 24.2 Å². The largest absolute Gasteiger partial charge is 0.342 e. The van der Waals surface area contributed by atoms with Crippen LogP contribution >= 0.6 is 11.6 Å². The monoisotopic (exact) mass is 369 g/mol. The van der Waals surface area contributed by atoms with Gasteiger partial charge in [0.25, 0.3) is 0 Å². The van der Waals surface area contributed by atoms with E-state index in [1.54, 1.807) is 0 Å². The van der Waals surface area contributed by atoms with Crippen molar-refractivity contribution in [3.63, 3.8) is 0 Å². The van der Waals surface area contributed by atoms with E-state index in [-0.39, 0.29) is 11.3 Å². The summed E-state index contributed by atoms with van der Waals surface area (Å²) in [7, 11) is 0. The number of nitrogens with zero attached hydrogens (tertiary/aromatic N) is 2. The van der Waals surface area contributed by atoms with Crippen LogP contribution < -0.4 is 5.32 Å². The molecule has 3 aromatic rings. The molecule has 2 aromatic heterocycles. The molecule has 0 aliphatic rings. The van der Waals surface area contributed by atoms with E-state index in [2.05, 4.69) is 20.9 Å². The number of hydrogen-bond acceptors (Lipinski definition) is 2. The van der Waals surface area contributed by atoms with E-state index in [9.17, 15) is 4.79 Å². The molecule has 0 atom stereocenters. The summed E-state index contributed by atoms with van der Waals surface area (Å²) >= 11 is 6.28. The minimum atomic E-state index is -0.0552. The lowest BCUT2D eigenvalue weighted by Crippen LogP contribution is -2.20. The Morgan fingerprint density at radius 1 is 1.23 bits per heavy atom. The molecule has 0 aliphatic heterocycles. The number of aryl methyl sites for hydroxylation is 1. The molecule has 0 unspecified atom stereocenters. The molecule has 1 amide bonds. The van der Waals surface area contributed by atoms with Gasteiger partial charge >= 0.3 is 0 Å². The standard InChI is InChI=1S/C21H24ClN3O/c1-14-11-18-17(23-20(14)24-19(26)12-21(2,3)4)9-10-25(18)13-15-7-5-6-8-16(15)22/h5-11H,12-13H2,1-4H3,(H,23,24,26). The predicted octanol–water partition coefficient (Wildman–Crippen LogP) is 5.42. The Bertz CT molecular complexity index is 954. The molecule has 2 heterocycles. The summed E-state index contributed by atoms with van der Waals surface area (Å²) in [5.41, 5.74) is 3.83. The number of nitrogens with one attached hydrogen (secondary N) is 1. The molecule has 5 heteroatoms. The van der Waals surface area contributed by atoms with Gasteiger partial charge in [-0.1, -0.05) is 50.6 Å². The molecular weight excluding hydrogens is 346 g/mol. The van der Waals surface area contributed by atoms with Crippen molar-refractivity contribution in [3.05, 3.63) is 58.7 Å². The molecule has 0 fully saturated rings. The van der Waals surface area contributed by atoms with Gasteiger partial charge in [-0.2, -0.15) is 0 Å². The van der Waals surface area contributed by atoms with Gasteiger partial charge in [-0.25, -0.2) is 4.98 Å². The highest BCUT2D eigenvalue weighted by atomic mass is 35.5. The van der Waals surface area contributed by atoms with Gasteiger partial charge in [0.15, 0.2) is 0 Å². The van der Waals surface area contributed by atoms with Crippen LogP contribution in [0.4, 0.5) is 5.82 Å². The summed E-state index contributed by atoms with van der Waals surface area (Å²) in [6.45, 7) is 8.78. The third-order valence-corrected chi connectivity index (χ3v) is 4.56. The fourth-order valence-electron chi connectivity index (χ4n) is 2.94. The van der Waals surface area contributed by atoms with Gasteiger partial charge in [0.2, 0.25) is 5.91 Å². The van der Waals surface area contributed by atoms with Crippen molar-refractivity contribution in [2.75, 3.05) is 5.32 Å². The molecule has 4 nitrogen and oxygen atoms in total. The maximum absolute atomic E-state index is 12.2. The number of halogens is 1. The minimum absolute atomic E-state index is 0.0112. The molecule has 0 saturated carbocycles. The van der Waals surface area contributed by atoms with Crippen molar-refractivity contribution in [2.45, 2.75) is 40.7 Å². The topological polar surface area (TPSA) is 46.9 Å². The minimum Gasteiger partial charge on any atom is -0.342 e. The number of hydrogen-bond donors (Lipinski definition) is 1. The molecule has 0 spiro atoms. The van der Waals surface area contributed by atoms with Crippen molar-refractivity contribution in [2.24, 2.45) is 5.41 Å². The van der Waals surface area contributed by atoms with Crippen LogP contribution in [0.3, 0.4) is 0 Å². The second kappa shape index (κ2) is 7.12. The maximum atomic E-state index is 12.2. The fraction of sp³-hybridized carbons (Fsp3) is 0.333. The van der Waals surface area contributed by atoms with Crippen molar-refractivity contribution < 1.29 is 4.79 Å². The summed E-state index contributed by atoms with van der Waals surface area (Å²) in [5, 5.41) is 3.70. The van der Waals surface area contributed by atoms with Crippen molar-refractivity contribution >= 4 is 34.4 Å². The lowest BCUT2D eigenvalue weighted by Gasteiger charge is -2.17. The van der Waals surface area contributed by atoms with Crippen molar-refractivity contribution in [3.8, 4) is 0 Å². The number of carbonyl (C=O) groups excluding carboxylic acids is 1. The second-order valence-corrected chi connectivity index (χ2v) is 8.29. The van der Waals surface area contributed by atoms with E-state index < -0.39 is 0 Å². The summed E-state index contributed by atoms with van der Waals surface area (Å²) in [5.74, 6) is 0.616. The lowest BCUT2D eigenvalue weighted by molar-refractivity contribution is -0.117. The van der Waals surface area contributed by atoms with Crippen LogP contribution in [-0.4, -0.2) is 15.5 Å². The van der Waals surface area contributed by atoms with E-state index in [1.807, 2.05) is 64.2 Å². The molecule has 26 heavy (non-hydrogen) atoms. The van der Waals surface area contributed by atoms with Crippen LogP contribution in [0.15, 0.2) is 42.6 Å². The number of rotatable bonds is 4. The summed E-state index contributed by atoms with van der Waals surface area (Å²) in [4.78, 5) is 16.9. The molecule has 0 saturated heterocycles. The molecular formula is C21H24ClN3O. The average Bonchev–Trinajstić information content (AvgIpc) is 2.90. The van der Waals surface area contributed by atoms with Crippen molar-refractivity contribution in [1.29, 1.82) is 0 Å². The third-order valence-electron chi connectivity index (χ3n) is 4.19. The average molecular weight is 370 g/mol. The maximum Gasteiger partial charge on any atom is 0.226 e. The van der Waals surface area contributed by atoms with E-state index in [1.165, 1.54) is 0 Å². The molecule has 3 rings (SSSR count). The third kappa shape index (κ3) is 4.25. The Balaban J connectivity index is 1.87. The van der Waals surface area contributed by atoms with Crippen molar-refractivity contribution in [1.82, 2.24) is 9.55 Å². The van der Waals surface area contributed by atoms with Crippen LogP contribution in [0.2, 0.25) is 5.02 Å². The van der Waals surface area contributed by atoms with Crippen LogP contribution in [-0.2, 0) is 11.3 Å². The first-order valence-corrected chi connectivity index (χ1v) is 9.10. The molecule has 0 bridgehead atoms. The van der Waals surface area contributed by atoms with Crippen LogP contribution in [0.1, 0.15) is 38.3 Å². The highest BCUT2D eigenvalue weighted by molar-refractivity contribution is 6.31. The SMILES string of the molecule is Cc1cc2c(ccn2Cc2ccccc2Cl)nc1NC(=O)CC(C)(C)C. The first-order valence-electron chi connectivity index (χ1n) is 8.73. The number of benzene rings is 1. The molecule has 1 N–H and O–H groups in total. The molecule has 1 aromatic carbocycles. The van der Waals surface area contributed by atoms with E-state index in [4.69, 9.17) is 11.6 Å². The lowest BCUT2D eigenvalue weighted by atomic mass is 9.92. The van der Waals surface area contributed by atoms with Crippen LogP contribution in [0.5, 0.6) is 0 Å². The molecule has 0 aliphatic carbocycles. The molecule has 0 radical (unpaired) electrons. The Labute approximate surface area is 159 Å². The summed E-state index contributed by atoms with van der Waals surface area (Å²) < 4.78 is 2.12. The van der Waals surface area contributed by atoms with Crippen LogP contribution in [0, 0.1) is 12.3 Å². The Morgan fingerprint density at radius 2 is 1.96 bits per heavy atom. The zero-order valence-corrected chi connectivity index (χ0v) is 16.4. The van der Waals surface area contributed by atoms with E-state index in [0.717, 1.165) is 27.2 Å². The van der Waals surface area contributed by atoms with E-state index >= 15 is 0 Å². The van der Waals surface area contributed by atoms with Gasteiger partial charge in [-0.15, -0.1) is 0 Å². The number of aromatic nitrogens is 2. The zero-order valence-electron chi connectivity index (χ0n) is 15.6. The highest BCUT2D eigenvalue weighted by Gasteiger charge is 2.17. The van der Waals surface area contributed by atoms with Gasteiger partial charge < -0.3 is 9.88 Å². The number of amides is 1. The Kier molecular flexibility index (Phi) is 5.05. The fourth-order valence-corrected chi connectivity index (χ4v) is 3.13. The quantitative estimate of drug-likeness (QED) is 0.667. The summed E-state index contributed by atoms with van der Waals surface area (Å²) in [6.07, 6.45) is 2.46. The number of anilines is 1.